The predicted octanol–water partition coefficient (Wildman–Crippen LogP) is 2.74. The van der Waals surface area contributed by atoms with Crippen LogP contribution in [0.2, 0.25) is 0 Å². The quantitative estimate of drug-likeness (QED) is 0.876. The Bertz CT molecular complexity index is 526. The number of anilines is 1. The third-order valence-electron chi connectivity index (χ3n) is 3.74. The number of aliphatic carboxylic acids is 1. The van der Waals surface area contributed by atoms with Gasteiger partial charge in [0.05, 0.1) is 6.42 Å². The Labute approximate surface area is 125 Å². The molecular weight excluding hydrogens is 268 g/mol. The van der Waals surface area contributed by atoms with Gasteiger partial charge in [-0.05, 0) is 37.3 Å². The highest BCUT2D eigenvalue weighted by Crippen LogP contribution is 2.30. The van der Waals surface area contributed by atoms with Crippen LogP contribution in [0.4, 0.5) is 10.5 Å². The molecule has 1 saturated carbocycles. The zero-order valence-corrected chi connectivity index (χ0v) is 12.6. The maximum Gasteiger partial charge on any atom is 0.324 e. The fourth-order valence-electron chi connectivity index (χ4n) is 2.36. The number of rotatable bonds is 6. The van der Waals surface area contributed by atoms with Gasteiger partial charge in [0.25, 0.3) is 0 Å². The molecule has 5 heteroatoms. The van der Waals surface area contributed by atoms with Gasteiger partial charge in [0.2, 0.25) is 0 Å². The predicted molar refractivity (Wildman–Crippen MR) is 81.5 cm³/mol. The van der Waals surface area contributed by atoms with Crippen molar-refractivity contribution in [2.75, 3.05) is 25.0 Å². The first-order chi connectivity index (χ1) is 9.99. The Hall–Kier alpha value is -2.04. The number of para-hydroxylation sites is 1. The van der Waals surface area contributed by atoms with Crippen LogP contribution >= 0.6 is 0 Å². The zero-order valence-electron chi connectivity index (χ0n) is 12.6. The van der Waals surface area contributed by atoms with Crippen molar-refractivity contribution in [1.82, 2.24) is 4.90 Å². The fourth-order valence-corrected chi connectivity index (χ4v) is 2.36. The number of carbonyl (C=O) groups is 2. The maximum atomic E-state index is 12.6. The van der Waals surface area contributed by atoms with Gasteiger partial charge in [0.1, 0.15) is 0 Å². The van der Waals surface area contributed by atoms with E-state index in [0.717, 1.165) is 17.8 Å². The maximum absolute atomic E-state index is 12.6. The molecule has 0 aliphatic heterocycles. The van der Waals surface area contributed by atoms with Crippen LogP contribution in [-0.2, 0) is 4.79 Å². The fraction of sp³-hybridized carbons (Fsp3) is 0.500. The van der Waals surface area contributed by atoms with E-state index in [1.165, 1.54) is 12.8 Å². The molecule has 0 atom stereocenters. The number of hydrogen-bond acceptors (Lipinski definition) is 2. The molecule has 2 rings (SSSR count). The summed E-state index contributed by atoms with van der Waals surface area (Å²) in [6.45, 7) is 2.86. The van der Waals surface area contributed by atoms with Crippen molar-refractivity contribution in [2.45, 2.75) is 26.2 Å². The molecule has 0 saturated heterocycles. The third kappa shape index (κ3) is 4.21. The van der Waals surface area contributed by atoms with Crippen LogP contribution in [0.1, 0.15) is 24.8 Å². The number of carbonyl (C=O) groups excluding carboxylic acids is 1. The van der Waals surface area contributed by atoms with Gasteiger partial charge < -0.3 is 10.0 Å². The van der Waals surface area contributed by atoms with Gasteiger partial charge in [0.15, 0.2) is 0 Å². The molecule has 1 aromatic rings. The van der Waals surface area contributed by atoms with Crippen molar-refractivity contribution in [2.24, 2.45) is 5.92 Å². The number of carboxylic acid groups (broad SMARTS) is 1. The number of benzene rings is 1. The molecule has 5 nitrogen and oxygen atoms in total. The van der Waals surface area contributed by atoms with Gasteiger partial charge in [-0.15, -0.1) is 0 Å². The van der Waals surface area contributed by atoms with Crippen LogP contribution in [0.15, 0.2) is 24.3 Å². The van der Waals surface area contributed by atoms with Crippen LogP contribution in [0, 0.1) is 12.8 Å². The highest BCUT2D eigenvalue weighted by molar-refractivity contribution is 5.93. The summed E-state index contributed by atoms with van der Waals surface area (Å²) in [5.41, 5.74) is 1.75. The molecule has 1 fully saturated rings. The molecule has 1 aromatic carbocycles. The number of amides is 2. The average Bonchev–Trinajstić information content (AvgIpc) is 3.24. The highest BCUT2D eigenvalue weighted by Gasteiger charge is 2.28. The van der Waals surface area contributed by atoms with Gasteiger partial charge >= 0.3 is 12.0 Å². The molecular formula is C16H22N2O3. The van der Waals surface area contributed by atoms with Gasteiger partial charge in [-0.1, -0.05) is 18.2 Å². The summed E-state index contributed by atoms with van der Waals surface area (Å²) in [5, 5.41) is 8.90. The largest absolute Gasteiger partial charge is 0.481 e. The van der Waals surface area contributed by atoms with E-state index in [2.05, 4.69) is 0 Å². The minimum Gasteiger partial charge on any atom is -0.481 e. The summed E-state index contributed by atoms with van der Waals surface area (Å²) < 4.78 is 0. The third-order valence-corrected chi connectivity index (χ3v) is 3.74. The smallest absolute Gasteiger partial charge is 0.324 e. The van der Waals surface area contributed by atoms with Crippen molar-refractivity contribution in [3.63, 3.8) is 0 Å². The summed E-state index contributed by atoms with van der Waals surface area (Å²) in [7, 11) is 1.78. The second-order valence-electron chi connectivity index (χ2n) is 5.69. The molecule has 0 bridgehead atoms. The molecule has 21 heavy (non-hydrogen) atoms. The van der Waals surface area contributed by atoms with Crippen LogP contribution in [0.5, 0.6) is 0 Å². The summed E-state index contributed by atoms with van der Waals surface area (Å²) >= 11 is 0. The normalized spacial score (nSPS) is 13.8. The van der Waals surface area contributed by atoms with E-state index in [1.807, 2.05) is 31.2 Å². The Morgan fingerprint density at radius 1 is 1.29 bits per heavy atom. The molecule has 2 amide bonds. The summed E-state index contributed by atoms with van der Waals surface area (Å²) in [6, 6.07) is 7.44. The lowest BCUT2D eigenvalue weighted by Crippen LogP contribution is -2.43. The van der Waals surface area contributed by atoms with Crippen molar-refractivity contribution >= 4 is 17.7 Å². The van der Waals surface area contributed by atoms with Crippen molar-refractivity contribution < 1.29 is 14.7 Å². The lowest BCUT2D eigenvalue weighted by atomic mass is 10.2. The number of carboxylic acids is 1. The van der Waals surface area contributed by atoms with Crippen LogP contribution in [-0.4, -0.2) is 42.1 Å². The minimum absolute atomic E-state index is 0.0582. The molecule has 0 spiro atoms. The SMILES string of the molecule is Cc1ccccc1N(CCC(=O)O)C(=O)N(C)CC1CC1. The molecule has 1 aliphatic rings. The lowest BCUT2D eigenvalue weighted by molar-refractivity contribution is -0.136. The Morgan fingerprint density at radius 3 is 2.52 bits per heavy atom. The Kier molecular flexibility index (Phi) is 4.83. The van der Waals surface area contributed by atoms with Gasteiger partial charge in [-0.25, -0.2) is 4.79 Å². The van der Waals surface area contributed by atoms with E-state index in [-0.39, 0.29) is 19.0 Å². The summed E-state index contributed by atoms with van der Waals surface area (Å²) in [5.74, 6) is -0.289. The van der Waals surface area contributed by atoms with Gasteiger partial charge in [0, 0.05) is 25.8 Å². The molecule has 0 heterocycles. The first-order valence-electron chi connectivity index (χ1n) is 7.29. The van der Waals surface area contributed by atoms with Gasteiger partial charge in [-0.2, -0.15) is 0 Å². The molecule has 0 radical (unpaired) electrons. The first kappa shape index (κ1) is 15.4. The first-order valence-corrected chi connectivity index (χ1v) is 7.29. The van der Waals surface area contributed by atoms with E-state index in [0.29, 0.717) is 5.92 Å². The van der Waals surface area contributed by atoms with E-state index in [1.54, 1.807) is 16.8 Å². The monoisotopic (exact) mass is 290 g/mol. The van der Waals surface area contributed by atoms with Crippen LogP contribution < -0.4 is 4.90 Å². The lowest BCUT2D eigenvalue weighted by Gasteiger charge is -2.29. The molecule has 1 aliphatic carbocycles. The van der Waals surface area contributed by atoms with Crippen LogP contribution in [0.3, 0.4) is 0 Å². The van der Waals surface area contributed by atoms with E-state index in [9.17, 15) is 9.59 Å². The number of urea groups is 1. The molecule has 114 valence electrons. The minimum atomic E-state index is -0.897. The second kappa shape index (κ2) is 6.61. The van der Waals surface area contributed by atoms with E-state index < -0.39 is 5.97 Å². The summed E-state index contributed by atoms with van der Waals surface area (Å²) in [6.07, 6.45) is 2.30. The topological polar surface area (TPSA) is 60.9 Å². The summed E-state index contributed by atoms with van der Waals surface area (Å²) in [4.78, 5) is 26.8. The molecule has 0 aromatic heterocycles. The molecule has 1 N–H and O–H groups in total. The van der Waals surface area contributed by atoms with Crippen molar-refractivity contribution in [1.29, 1.82) is 0 Å². The zero-order chi connectivity index (χ0) is 15.4. The van der Waals surface area contributed by atoms with E-state index in [4.69, 9.17) is 5.11 Å². The van der Waals surface area contributed by atoms with Crippen molar-refractivity contribution in [3.05, 3.63) is 29.8 Å². The van der Waals surface area contributed by atoms with E-state index >= 15 is 0 Å². The number of nitrogens with zero attached hydrogens (tertiary/aromatic N) is 2. The van der Waals surface area contributed by atoms with Crippen LogP contribution in [0.25, 0.3) is 0 Å². The van der Waals surface area contributed by atoms with Crippen molar-refractivity contribution in [3.8, 4) is 0 Å². The Balaban J connectivity index is 2.16. The van der Waals surface area contributed by atoms with Gasteiger partial charge in [-0.3, -0.25) is 9.69 Å². The molecule has 0 unspecified atom stereocenters. The number of aryl methyl sites for hydroxylation is 1. The average molecular weight is 290 g/mol. The standard InChI is InChI=1S/C16H22N2O3/c1-12-5-3-4-6-14(12)18(10-9-15(19)20)16(21)17(2)11-13-7-8-13/h3-6,13H,7-11H2,1-2H3,(H,19,20). The second-order valence-corrected chi connectivity index (χ2v) is 5.69. The Morgan fingerprint density at radius 2 is 1.95 bits per heavy atom. The highest BCUT2D eigenvalue weighted by atomic mass is 16.4. The number of hydrogen-bond donors (Lipinski definition) is 1.